The molecule has 0 unspecified atom stereocenters. The fourth-order valence-corrected chi connectivity index (χ4v) is 1.50. The third kappa shape index (κ3) is 3.66. The first-order chi connectivity index (χ1) is 9.29. The molecule has 94 valence electrons. The number of hydrogen-bond acceptors (Lipinski definition) is 3. The molecule has 0 saturated heterocycles. The van der Waals surface area contributed by atoms with Gasteiger partial charge in [-0.2, -0.15) is 0 Å². The summed E-state index contributed by atoms with van der Waals surface area (Å²) in [4.78, 5) is 16.0. The predicted octanol–water partition coefficient (Wildman–Crippen LogP) is 1.68. The van der Waals surface area contributed by atoms with Crippen LogP contribution in [0.3, 0.4) is 0 Å². The molecule has 0 spiro atoms. The van der Waals surface area contributed by atoms with Crippen LogP contribution in [0.1, 0.15) is 15.9 Å². The molecule has 2 aromatic rings. The minimum atomic E-state index is -0.222. The molecule has 19 heavy (non-hydrogen) atoms. The molecule has 1 aromatic carbocycles. The highest BCUT2D eigenvalue weighted by molar-refractivity contribution is 6.03. The second kappa shape index (κ2) is 6.34. The van der Waals surface area contributed by atoms with Gasteiger partial charge in [-0.1, -0.05) is 30.0 Å². The lowest BCUT2D eigenvalue weighted by atomic mass is 10.2. The van der Waals surface area contributed by atoms with Gasteiger partial charge in [0.2, 0.25) is 0 Å². The Labute approximate surface area is 111 Å². The summed E-state index contributed by atoms with van der Waals surface area (Å²) in [7, 11) is 0. The smallest absolute Gasteiger partial charge is 0.256 e. The minimum absolute atomic E-state index is 0.200. The van der Waals surface area contributed by atoms with Gasteiger partial charge < -0.3 is 10.4 Å². The zero-order valence-electron chi connectivity index (χ0n) is 10.1. The van der Waals surface area contributed by atoms with Gasteiger partial charge >= 0.3 is 0 Å². The Morgan fingerprint density at radius 1 is 1.26 bits per heavy atom. The van der Waals surface area contributed by atoms with E-state index in [0.717, 1.165) is 0 Å². The molecule has 1 aromatic heterocycles. The van der Waals surface area contributed by atoms with Crippen LogP contribution in [0.5, 0.6) is 0 Å². The third-order valence-corrected chi connectivity index (χ3v) is 2.35. The number of anilines is 1. The van der Waals surface area contributed by atoms with Gasteiger partial charge in [0.05, 0.1) is 0 Å². The quantitative estimate of drug-likeness (QED) is 0.799. The summed E-state index contributed by atoms with van der Waals surface area (Å²) in [6.45, 7) is -0.200. The van der Waals surface area contributed by atoms with Crippen molar-refractivity contribution < 1.29 is 9.90 Å². The summed E-state index contributed by atoms with van der Waals surface area (Å²) in [6.07, 6.45) is 1.56. The van der Waals surface area contributed by atoms with Gasteiger partial charge in [-0.25, -0.2) is 4.98 Å². The van der Waals surface area contributed by atoms with Gasteiger partial charge in [-0.05, 0) is 24.3 Å². The molecule has 0 fully saturated rings. The summed E-state index contributed by atoms with van der Waals surface area (Å²) in [5.74, 6) is 5.51. The van der Waals surface area contributed by atoms with Crippen LogP contribution < -0.4 is 5.32 Å². The van der Waals surface area contributed by atoms with Crippen LogP contribution in [0.15, 0.2) is 48.7 Å². The Kier molecular flexibility index (Phi) is 4.27. The lowest BCUT2D eigenvalue weighted by Gasteiger charge is -2.04. The highest BCUT2D eigenvalue weighted by Crippen LogP contribution is 2.08. The number of aromatic nitrogens is 1. The number of aliphatic hydroxyl groups is 1. The maximum atomic E-state index is 11.9. The first-order valence-corrected chi connectivity index (χ1v) is 5.72. The van der Waals surface area contributed by atoms with Crippen LogP contribution >= 0.6 is 0 Å². The number of hydrogen-bond donors (Lipinski definition) is 2. The van der Waals surface area contributed by atoms with E-state index in [1.165, 1.54) is 0 Å². The van der Waals surface area contributed by atoms with Crippen molar-refractivity contribution in [3.8, 4) is 11.8 Å². The zero-order chi connectivity index (χ0) is 13.5. The van der Waals surface area contributed by atoms with Crippen LogP contribution in [0.4, 0.5) is 5.82 Å². The van der Waals surface area contributed by atoms with Crippen molar-refractivity contribution in [1.29, 1.82) is 0 Å². The van der Waals surface area contributed by atoms with E-state index in [-0.39, 0.29) is 12.5 Å². The molecule has 1 heterocycles. The van der Waals surface area contributed by atoms with Gasteiger partial charge in [0.15, 0.2) is 0 Å². The Balaban J connectivity index is 2.13. The van der Waals surface area contributed by atoms with E-state index in [1.807, 2.05) is 6.07 Å². The van der Waals surface area contributed by atoms with E-state index in [4.69, 9.17) is 5.11 Å². The highest BCUT2D eigenvalue weighted by atomic mass is 16.2. The van der Waals surface area contributed by atoms with Crippen LogP contribution in [-0.4, -0.2) is 22.6 Å². The van der Waals surface area contributed by atoms with Gasteiger partial charge in [0.1, 0.15) is 12.4 Å². The molecule has 0 aliphatic heterocycles. The monoisotopic (exact) mass is 252 g/mol. The summed E-state index contributed by atoms with van der Waals surface area (Å²) < 4.78 is 0. The van der Waals surface area contributed by atoms with Gasteiger partial charge in [-0.3, -0.25) is 4.79 Å². The van der Waals surface area contributed by atoms with Crippen molar-refractivity contribution in [1.82, 2.24) is 4.98 Å². The Morgan fingerprint density at radius 3 is 2.79 bits per heavy atom. The fourth-order valence-electron chi connectivity index (χ4n) is 1.50. The lowest BCUT2D eigenvalue weighted by Crippen LogP contribution is -2.12. The van der Waals surface area contributed by atoms with Crippen molar-refractivity contribution in [3.05, 3.63) is 59.8 Å². The molecule has 0 saturated carbocycles. The molecular weight excluding hydrogens is 240 g/mol. The van der Waals surface area contributed by atoms with Crippen molar-refractivity contribution in [3.63, 3.8) is 0 Å². The molecule has 0 atom stereocenters. The maximum Gasteiger partial charge on any atom is 0.256 e. The minimum Gasteiger partial charge on any atom is -0.384 e. The van der Waals surface area contributed by atoms with Crippen molar-refractivity contribution >= 4 is 11.7 Å². The number of nitrogens with zero attached hydrogens (tertiary/aromatic N) is 1. The summed E-state index contributed by atoms with van der Waals surface area (Å²) in [5, 5.41) is 11.3. The molecule has 4 nitrogen and oxygen atoms in total. The SMILES string of the molecule is O=C(Nc1cc(C#CCO)ccn1)c1ccccc1. The molecule has 2 rings (SSSR count). The predicted molar refractivity (Wildman–Crippen MR) is 72.6 cm³/mol. The molecule has 0 aliphatic carbocycles. The number of carbonyl (C=O) groups is 1. The Morgan fingerprint density at radius 2 is 2.05 bits per heavy atom. The van der Waals surface area contributed by atoms with Gasteiger partial charge in [0.25, 0.3) is 5.91 Å². The van der Waals surface area contributed by atoms with Gasteiger partial charge in [-0.15, -0.1) is 0 Å². The number of benzene rings is 1. The molecule has 4 heteroatoms. The average Bonchev–Trinajstić information content (AvgIpc) is 2.46. The van der Waals surface area contributed by atoms with Crippen molar-refractivity contribution in [2.24, 2.45) is 0 Å². The van der Waals surface area contributed by atoms with E-state index in [0.29, 0.717) is 16.9 Å². The number of carbonyl (C=O) groups excluding carboxylic acids is 1. The van der Waals surface area contributed by atoms with Crippen molar-refractivity contribution in [2.75, 3.05) is 11.9 Å². The molecule has 0 radical (unpaired) electrons. The largest absolute Gasteiger partial charge is 0.384 e. The van der Waals surface area contributed by atoms with Crippen LogP contribution in [0.25, 0.3) is 0 Å². The number of nitrogens with one attached hydrogen (secondary N) is 1. The second-order valence-electron chi connectivity index (χ2n) is 3.71. The van der Waals surface area contributed by atoms with E-state index in [1.54, 1.807) is 42.6 Å². The average molecular weight is 252 g/mol. The number of aliphatic hydroxyl groups excluding tert-OH is 1. The first kappa shape index (κ1) is 12.8. The number of rotatable bonds is 2. The molecule has 2 N–H and O–H groups in total. The van der Waals surface area contributed by atoms with Gasteiger partial charge in [0, 0.05) is 17.3 Å². The summed E-state index contributed by atoms with van der Waals surface area (Å²) in [6, 6.07) is 12.3. The third-order valence-electron chi connectivity index (χ3n) is 2.35. The summed E-state index contributed by atoms with van der Waals surface area (Å²) >= 11 is 0. The first-order valence-electron chi connectivity index (χ1n) is 5.72. The van der Waals surface area contributed by atoms with Crippen LogP contribution in [0.2, 0.25) is 0 Å². The van der Waals surface area contributed by atoms with E-state index in [2.05, 4.69) is 22.1 Å². The molecule has 0 aliphatic rings. The number of amides is 1. The molecule has 0 bridgehead atoms. The number of pyridine rings is 1. The Hall–Kier alpha value is -2.64. The maximum absolute atomic E-state index is 11.9. The van der Waals surface area contributed by atoms with E-state index >= 15 is 0 Å². The summed E-state index contributed by atoms with van der Waals surface area (Å²) in [5.41, 5.74) is 1.25. The van der Waals surface area contributed by atoms with Crippen LogP contribution in [-0.2, 0) is 0 Å². The molecule has 1 amide bonds. The van der Waals surface area contributed by atoms with E-state index in [9.17, 15) is 4.79 Å². The standard InChI is InChI=1S/C15H12N2O2/c18-10-4-5-12-8-9-16-14(11-12)17-15(19)13-6-2-1-3-7-13/h1-3,6-9,11,18H,10H2,(H,16,17,19). The fraction of sp³-hybridized carbons (Fsp3) is 0.0667. The van der Waals surface area contributed by atoms with Crippen LogP contribution in [0, 0.1) is 11.8 Å². The second-order valence-corrected chi connectivity index (χ2v) is 3.71. The molecular formula is C15H12N2O2. The van der Waals surface area contributed by atoms with Crippen molar-refractivity contribution in [2.45, 2.75) is 0 Å². The topological polar surface area (TPSA) is 62.2 Å². The lowest BCUT2D eigenvalue weighted by molar-refractivity contribution is 0.102. The Bertz CT molecular complexity index is 627. The van der Waals surface area contributed by atoms with E-state index < -0.39 is 0 Å². The zero-order valence-corrected chi connectivity index (χ0v) is 10.1. The highest BCUT2D eigenvalue weighted by Gasteiger charge is 2.05. The normalized spacial score (nSPS) is 9.32.